The minimum atomic E-state index is -0.995. The van der Waals surface area contributed by atoms with Gasteiger partial charge < -0.3 is 24.7 Å². The zero-order valence-electron chi connectivity index (χ0n) is 33.1. The minimum absolute atomic E-state index is 0.0185. The van der Waals surface area contributed by atoms with Crippen LogP contribution in [0.15, 0.2) is 59.8 Å². The summed E-state index contributed by atoms with van der Waals surface area (Å²) in [6, 6.07) is 9.56. The molecule has 2 aromatic heterocycles. The largest absolute Gasteiger partial charge is 0.496 e. The molecule has 2 fully saturated rings. The lowest BCUT2D eigenvalue weighted by atomic mass is 9.96. The number of likely N-dealkylation sites (tertiary alicyclic amines) is 1. The second-order valence-electron chi connectivity index (χ2n) is 15.0. The van der Waals surface area contributed by atoms with Crippen LogP contribution in [0.4, 0.5) is 5.69 Å². The van der Waals surface area contributed by atoms with Gasteiger partial charge in [0.25, 0.3) is 17.4 Å². The van der Waals surface area contributed by atoms with Crippen molar-refractivity contribution in [3.05, 3.63) is 82.0 Å². The highest BCUT2D eigenvalue weighted by Crippen LogP contribution is 2.39. The number of carbonyl (C=O) groups excluding carboxylic acids is 5. The van der Waals surface area contributed by atoms with Crippen molar-refractivity contribution in [2.24, 2.45) is 7.05 Å². The van der Waals surface area contributed by atoms with Gasteiger partial charge in [0, 0.05) is 69.5 Å². The van der Waals surface area contributed by atoms with Crippen LogP contribution in [0.25, 0.3) is 21.9 Å². The number of rotatable bonds is 17. The molecule has 0 bridgehead atoms. The highest BCUT2D eigenvalue weighted by molar-refractivity contribution is 6.25. The molecule has 3 N–H and O–H groups in total. The molecule has 3 aliphatic rings. The molecule has 1 unspecified atom stereocenters. The molecule has 2 aromatic carbocycles. The Bertz CT molecular complexity index is 2300. The average Bonchev–Trinajstić information content (AvgIpc) is 3.47. The number of ether oxygens (including phenoxy) is 2. The first-order valence-corrected chi connectivity index (χ1v) is 19.9. The number of pyridine rings is 2. The van der Waals surface area contributed by atoms with Gasteiger partial charge in [-0.05, 0) is 67.0 Å². The number of imide groups is 2. The van der Waals surface area contributed by atoms with E-state index in [9.17, 15) is 28.8 Å². The third-order valence-electron chi connectivity index (χ3n) is 11.4. The summed E-state index contributed by atoms with van der Waals surface area (Å²) in [5.41, 5.74) is 3.51. The molecule has 5 heterocycles. The van der Waals surface area contributed by atoms with E-state index in [-0.39, 0.29) is 41.5 Å². The number of aromatic nitrogens is 2. The van der Waals surface area contributed by atoms with Crippen molar-refractivity contribution in [2.75, 3.05) is 39.2 Å². The number of piperidine rings is 1. The van der Waals surface area contributed by atoms with Crippen LogP contribution in [-0.4, -0.2) is 94.8 Å². The summed E-state index contributed by atoms with van der Waals surface area (Å²) in [4.78, 5) is 83.6. The number of unbranched alkanes of at least 4 members (excludes halogenated alkanes) is 5. The minimum Gasteiger partial charge on any atom is -0.496 e. The molecule has 58 heavy (non-hydrogen) atoms. The maximum absolute atomic E-state index is 13.3. The van der Waals surface area contributed by atoms with E-state index in [2.05, 4.69) is 25.8 Å². The quantitative estimate of drug-likeness (QED) is 0.103. The SMILES string of the molecule is COc1cc(-c2cn(C)c(=O)c3cnccc23)cc(OC)c1CN1CC[C@H]1C(=O)NCCCCCCCCNc1cccc2c1C(=O)N(C1CCC(=O)NC1=O)C2=O. The van der Waals surface area contributed by atoms with Crippen molar-refractivity contribution in [2.45, 2.75) is 76.4 Å². The summed E-state index contributed by atoms with van der Waals surface area (Å²) in [5, 5.41) is 9.96. The number of carbonyl (C=O) groups is 5. The Hall–Kier alpha value is -6.09. The van der Waals surface area contributed by atoms with E-state index in [4.69, 9.17) is 9.47 Å². The van der Waals surface area contributed by atoms with Crippen LogP contribution in [0.1, 0.15) is 84.1 Å². The Morgan fingerprint density at radius 2 is 1.60 bits per heavy atom. The predicted molar refractivity (Wildman–Crippen MR) is 217 cm³/mol. The van der Waals surface area contributed by atoms with Gasteiger partial charge in [-0.1, -0.05) is 31.7 Å². The molecule has 304 valence electrons. The van der Waals surface area contributed by atoms with Crippen molar-refractivity contribution in [3.8, 4) is 22.6 Å². The zero-order valence-corrected chi connectivity index (χ0v) is 33.1. The molecule has 0 saturated carbocycles. The van der Waals surface area contributed by atoms with E-state index in [1.807, 2.05) is 24.4 Å². The summed E-state index contributed by atoms with van der Waals surface area (Å²) in [5.74, 6) is -0.773. The Kier molecular flexibility index (Phi) is 12.2. The van der Waals surface area contributed by atoms with Gasteiger partial charge in [0.05, 0.1) is 42.3 Å². The fraction of sp³-hybridized carbons (Fsp3) is 0.419. The van der Waals surface area contributed by atoms with Crippen molar-refractivity contribution < 1.29 is 33.4 Å². The summed E-state index contributed by atoms with van der Waals surface area (Å²) >= 11 is 0. The molecule has 3 aliphatic heterocycles. The van der Waals surface area contributed by atoms with Gasteiger partial charge >= 0.3 is 0 Å². The first-order valence-electron chi connectivity index (χ1n) is 19.9. The number of anilines is 1. The number of hydrogen-bond donors (Lipinski definition) is 3. The Morgan fingerprint density at radius 3 is 2.29 bits per heavy atom. The van der Waals surface area contributed by atoms with E-state index < -0.39 is 29.7 Å². The van der Waals surface area contributed by atoms with Gasteiger partial charge in [-0.25, -0.2) is 0 Å². The van der Waals surface area contributed by atoms with Crippen molar-refractivity contribution >= 4 is 46.0 Å². The standard InChI is InChI=1S/C43H49N7O8/c1-48-24-30(27-15-19-44-23-29(27)41(48)54)26-21-35(57-2)31(36(22-26)58-3)25-49-20-16-33(49)39(52)46-18-9-7-5-4-6-8-17-45-32-12-10-11-28-38(32)43(56)50(42(28)55)34-13-14-37(51)47-40(34)53/h10-12,15,19,21-24,33-34,45H,4-9,13-14,16-18,20,25H2,1-3H3,(H,46,52)(H,47,51,53)/t33-,34?/m0/s1. The summed E-state index contributed by atoms with van der Waals surface area (Å²) in [7, 11) is 4.95. The maximum atomic E-state index is 13.3. The topological polar surface area (TPSA) is 181 Å². The van der Waals surface area contributed by atoms with Gasteiger partial charge in [-0.2, -0.15) is 0 Å². The predicted octanol–water partition coefficient (Wildman–Crippen LogP) is 4.16. The van der Waals surface area contributed by atoms with Gasteiger partial charge in [0.15, 0.2) is 0 Å². The van der Waals surface area contributed by atoms with Crippen LogP contribution < -0.4 is 31.0 Å². The van der Waals surface area contributed by atoms with Crippen LogP contribution in [-0.2, 0) is 28.0 Å². The van der Waals surface area contributed by atoms with E-state index in [1.165, 1.54) is 0 Å². The van der Waals surface area contributed by atoms with Crippen LogP contribution in [0.5, 0.6) is 11.5 Å². The molecular weight excluding hydrogens is 743 g/mol. The number of methoxy groups -OCH3 is 2. The molecule has 0 radical (unpaired) electrons. The lowest BCUT2D eigenvalue weighted by molar-refractivity contribution is -0.136. The maximum Gasteiger partial charge on any atom is 0.264 e. The van der Waals surface area contributed by atoms with Crippen LogP contribution >= 0.6 is 0 Å². The van der Waals surface area contributed by atoms with Gasteiger partial charge in [-0.3, -0.25) is 48.9 Å². The Morgan fingerprint density at radius 1 is 0.879 bits per heavy atom. The monoisotopic (exact) mass is 791 g/mol. The normalized spacial score (nSPS) is 17.9. The first kappa shape index (κ1) is 40.1. The van der Waals surface area contributed by atoms with Crippen LogP contribution in [0.2, 0.25) is 0 Å². The van der Waals surface area contributed by atoms with Gasteiger partial charge in [0.2, 0.25) is 17.7 Å². The fourth-order valence-electron chi connectivity index (χ4n) is 8.14. The zero-order chi connectivity index (χ0) is 40.9. The summed E-state index contributed by atoms with van der Waals surface area (Å²) < 4.78 is 13.2. The second-order valence-corrected chi connectivity index (χ2v) is 15.0. The van der Waals surface area contributed by atoms with Crippen molar-refractivity contribution in [1.29, 1.82) is 0 Å². The molecule has 15 nitrogen and oxygen atoms in total. The number of amides is 5. The van der Waals surface area contributed by atoms with Crippen molar-refractivity contribution in [1.82, 2.24) is 30.0 Å². The van der Waals surface area contributed by atoms with Crippen LogP contribution in [0.3, 0.4) is 0 Å². The smallest absolute Gasteiger partial charge is 0.264 e. The van der Waals surface area contributed by atoms with E-state index >= 15 is 0 Å². The van der Waals surface area contributed by atoms with E-state index in [1.54, 1.807) is 56.4 Å². The molecule has 4 aromatic rings. The second kappa shape index (κ2) is 17.6. The molecular formula is C43H49N7O8. The van der Waals surface area contributed by atoms with Crippen molar-refractivity contribution in [3.63, 3.8) is 0 Å². The highest BCUT2D eigenvalue weighted by Gasteiger charge is 2.45. The van der Waals surface area contributed by atoms with Gasteiger partial charge in [-0.15, -0.1) is 0 Å². The molecule has 5 amide bonds. The van der Waals surface area contributed by atoms with E-state index in [0.29, 0.717) is 42.2 Å². The number of nitrogens with one attached hydrogen (secondary N) is 3. The molecule has 15 heteroatoms. The van der Waals surface area contributed by atoms with Gasteiger partial charge in [0.1, 0.15) is 17.5 Å². The number of benzene rings is 2. The Labute approximate surface area is 336 Å². The first-order chi connectivity index (χ1) is 28.1. The average molecular weight is 792 g/mol. The Balaban J connectivity index is 0.832. The summed E-state index contributed by atoms with van der Waals surface area (Å²) in [6.45, 7) is 2.49. The number of aryl methyl sites for hydroxylation is 1. The molecule has 0 spiro atoms. The third kappa shape index (κ3) is 8.03. The fourth-order valence-corrected chi connectivity index (χ4v) is 8.14. The molecule has 2 atom stereocenters. The number of hydrogen-bond acceptors (Lipinski definition) is 11. The molecule has 2 saturated heterocycles. The van der Waals surface area contributed by atoms with Crippen LogP contribution in [0, 0.1) is 0 Å². The lowest BCUT2D eigenvalue weighted by Gasteiger charge is -2.40. The third-order valence-corrected chi connectivity index (χ3v) is 11.4. The number of fused-ring (bicyclic) bond motifs is 2. The molecule has 0 aliphatic carbocycles. The highest BCUT2D eigenvalue weighted by atomic mass is 16.5. The number of nitrogens with zero attached hydrogens (tertiary/aromatic N) is 4. The molecule has 7 rings (SSSR count). The van der Waals surface area contributed by atoms with E-state index in [0.717, 1.165) is 78.5 Å². The summed E-state index contributed by atoms with van der Waals surface area (Å²) in [6.07, 6.45) is 11.8. The lowest BCUT2D eigenvalue weighted by Crippen LogP contribution is -2.55.